The molecule has 5 nitrogen and oxygen atoms in total. The first-order valence-electron chi connectivity index (χ1n) is 3.23. The fraction of sp³-hybridized carbons (Fsp3) is 0.600. The lowest BCUT2D eigenvalue weighted by Gasteiger charge is -2.10. The molecule has 0 bridgehead atoms. The molecule has 1 atom stereocenters. The van der Waals surface area contributed by atoms with Crippen molar-refractivity contribution < 1.29 is 13.2 Å². The molecule has 76 valence electrons. The molecule has 0 saturated carbocycles. The number of hydrogen-bond acceptors (Lipinski definition) is 1. The fourth-order valence-electron chi connectivity index (χ4n) is 0.433. The van der Waals surface area contributed by atoms with Gasteiger partial charge in [-0.3, -0.25) is 0 Å². The predicted octanol–water partition coefficient (Wildman–Crippen LogP) is -0.475. The third kappa shape index (κ3) is 4.88. The van der Waals surface area contributed by atoms with Crippen LogP contribution in [0.25, 0.3) is 0 Å². The predicted molar refractivity (Wildman–Crippen MR) is 42.9 cm³/mol. The number of aliphatic imine (C=N–C) groups is 2. The molecule has 8 heteroatoms. The van der Waals surface area contributed by atoms with E-state index in [0.29, 0.717) is 0 Å². The minimum absolute atomic E-state index is 0.435. The van der Waals surface area contributed by atoms with E-state index in [-0.39, 0.29) is 0 Å². The molecule has 0 aromatic rings. The molecule has 13 heavy (non-hydrogen) atoms. The maximum Gasteiger partial charge on any atom is 0.410 e. The quantitative estimate of drug-likeness (QED) is 0.391. The summed E-state index contributed by atoms with van der Waals surface area (Å²) in [6.07, 6.45) is -4.44. The second kappa shape index (κ2) is 3.97. The third-order valence-electron chi connectivity index (χ3n) is 1.04. The van der Waals surface area contributed by atoms with Crippen LogP contribution < -0.4 is 17.2 Å². The highest BCUT2D eigenvalue weighted by atomic mass is 19.4. The average Bonchev–Trinajstić information content (AvgIpc) is 1.82. The first kappa shape index (κ1) is 11.5. The minimum atomic E-state index is -4.44. The van der Waals surface area contributed by atoms with Crippen molar-refractivity contribution in [2.45, 2.75) is 19.1 Å². The highest BCUT2D eigenvalue weighted by molar-refractivity contribution is 5.92. The van der Waals surface area contributed by atoms with E-state index in [9.17, 15) is 13.2 Å². The van der Waals surface area contributed by atoms with Crippen LogP contribution in [0.5, 0.6) is 0 Å². The summed E-state index contributed by atoms with van der Waals surface area (Å²) in [4.78, 5) is 6.14. The van der Waals surface area contributed by atoms with Crippen LogP contribution in [0, 0.1) is 0 Å². The van der Waals surface area contributed by atoms with Crippen molar-refractivity contribution in [1.82, 2.24) is 0 Å². The van der Waals surface area contributed by atoms with Crippen LogP contribution in [0.1, 0.15) is 6.92 Å². The Morgan fingerprint density at radius 2 is 1.69 bits per heavy atom. The van der Waals surface area contributed by atoms with E-state index in [1.54, 1.807) is 0 Å². The SMILES string of the molecule is C[C@@H](N=C(N)N=C(N)N)C(F)(F)F. The molecule has 0 heterocycles. The van der Waals surface area contributed by atoms with Gasteiger partial charge in [-0.2, -0.15) is 18.2 Å². The lowest BCUT2D eigenvalue weighted by Crippen LogP contribution is -2.30. The van der Waals surface area contributed by atoms with Crippen molar-refractivity contribution >= 4 is 11.9 Å². The van der Waals surface area contributed by atoms with Gasteiger partial charge < -0.3 is 17.2 Å². The summed E-state index contributed by atoms with van der Waals surface area (Å²) < 4.78 is 35.6. The van der Waals surface area contributed by atoms with Gasteiger partial charge in [0.05, 0.1) is 0 Å². The summed E-state index contributed by atoms with van der Waals surface area (Å²) in [5, 5.41) is 0. The maximum atomic E-state index is 11.9. The van der Waals surface area contributed by atoms with Gasteiger partial charge in [-0.25, -0.2) is 4.99 Å². The molecule has 0 unspecified atom stereocenters. The molecule has 0 amide bonds. The lowest BCUT2D eigenvalue weighted by molar-refractivity contribution is -0.142. The Labute approximate surface area is 72.5 Å². The highest BCUT2D eigenvalue weighted by Crippen LogP contribution is 2.22. The van der Waals surface area contributed by atoms with Gasteiger partial charge in [0.1, 0.15) is 6.04 Å². The Morgan fingerprint density at radius 3 is 2.00 bits per heavy atom. The van der Waals surface area contributed by atoms with Gasteiger partial charge in [-0.15, -0.1) is 0 Å². The first-order chi connectivity index (χ1) is 5.73. The van der Waals surface area contributed by atoms with Gasteiger partial charge in [0.25, 0.3) is 0 Å². The fourth-order valence-corrected chi connectivity index (χ4v) is 0.433. The first-order valence-corrected chi connectivity index (χ1v) is 3.23. The molecule has 0 aromatic heterocycles. The number of hydrogen-bond donors (Lipinski definition) is 3. The molecule has 0 aromatic carbocycles. The van der Waals surface area contributed by atoms with E-state index in [4.69, 9.17) is 17.2 Å². The lowest BCUT2D eigenvalue weighted by atomic mass is 10.3. The highest BCUT2D eigenvalue weighted by Gasteiger charge is 2.36. The minimum Gasteiger partial charge on any atom is -0.370 e. The molecule has 0 rings (SSSR count). The normalized spacial score (nSPS) is 15.2. The maximum absolute atomic E-state index is 11.9. The average molecular weight is 197 g/mol. The number of halogens is 3. The van der Waals surface area contributed by atoms with Crippen LogP contribution >= 0.6 is 0 Å². The zero-order valence-corrected chi connectivity index (χ0v) is 6.84. The van der Waals surface area contributed by atoms with E-state index >= 15 is 0 Å². The summed E-state index contributed by atoms with van der Waals surface area (Å²) in [6.45, 7) is 0.842. The molecule has 0 aliphatic rings. The molecular weight excluding hydrogens is 187 g/mol. The van der Waals surface area contributed by atoms with E-state index < -0.39 is 24.1 Å². The van der Waals surface area contributed by atoms with Gasteiger partial charge >= 0.3 is 6.18 Å². The van der Waals surface area contributed by atoms with Crippen LogP contribution in [0.2, 0.25) is 0 Å². The van der Waals surface area contributed by atoms with Crippen LogP contribution in [-0.4, -0.2) is 24.1 Å². The van der Waals surface area contributed by atoms with Gasteiger partial charge in [0.2, 0.25) is 5.96 Å². The van der Waals surface area contributed by atoms with Crippen LogP contribution in [0.4, 0.5) is 13.2 Å². The zero-order valence-electron chi connectivity index (χ0n) is 6.84. The van der Waals surface area contributed by atoms with E-state index in [2.05, 4.69) is 9.98 Å². The Kier molecular flexibility index (Phi) is 3.52. The Morgan fingerprint density at radius 1 is 1.23 bits per heavy atom. The van der Waals surface area contributed by atoms with Gasteiger partial charge in [0.15, 0.2) is 5.96 Å². The number of nitrogens with two attached hydrogens (primary N) is 3. The molecule has 0 saturated heterocycles. The second-order valence-corrected chi connectivity index (χ2v) is 2.24. The van der Waals surface area contributed by atoms with Crippen molar-refractivity contribution in [1.29, 1.82) is 0 Å². The van der Waals surface area contributed by atoms with Crippen LogP contribution in [0.15, 0.2) is 9.98 Å². The molecule has 0 spiro atoms. The summed E-state index contributed by atoms with van der Waals surface area (Å²) in [5.41, 5.74) is 14.7. The van der Waals surface area contributed by atoms with Gasteiger partial charge in [-0.05, 0) is 6.92 Å². The van der Waals surface area contributed by atoms with Crippen molar-refractivity contribution in [3.05, 3.63) is 0 Å². The molecular formula is C5H10F3N5. The van der Waals surface area contributed by atoms with Crippen LogP contribution in [0.3, 0.4) is 0 Å². The summed E-state index contributed by atoms with van der Waals surface area (Å²) in [5.74, 6) is -1.03. The number of rotatable bonds is 1. The molecule has 0 aliphatic heterocycles. The van der Waals surface area contributed by atoms with Crippen LogP contribution in [-0.2, 0) is 0 Å². The number of nitrogens with zero attached hydrogens (tertiary/aromatic N) is 2. The zero-order chi connectivity index (χ0) is 10.6. The number of guanidine groups is 2. The standard InChI is InChI=1S/C5H10F3N5/c1-2(5(6,7)8)12-4(11)13-3(9)10/h2H,1H3,(H6,9,10,11,12,13)/t2-/m1/s1. The molecule has 0 radical (unpaired) electrons. The van der Waals surface area contributed by atoms with E-state index in [1.165, 1.54) is 0 Å². The van der Waals surface area contributed by atoms with Crippen molar-refractivity contribution in [2.24, 2.45) is 27.2 Å². The summed E-state index contributed by atoms with van der Waals surface area (Å²) in [6, 6.07) is -1.92. The van der Waals surface area contributed by atoms with E-state index in [1.807, 2.05) is 0 Å². The molecule has 0 aliphatic carbocycles. The van der Waals surface area contributed by atoms with Crippen molar-refractivity contribution in [3.8, 4) is 0 Å². The Bertz CT molecular complexity index is 227. The monoisotopic (exact) mass is 197 g/mol. The van der Waals surface area contributed by atoms with Gasteiger partial charge in [-0.1, -0.05) is 0 Å². The van der Waals surface area contributed by atoms with Crippen molar-refractivity contribution in [3.63, 3.8) is 0 Å². The van der Waals surface area contributed by atoms with E-state index in [0.717, 1.165) is 6.92 Å². The second-order valence-electron chi connectivity index (χ2n) is 2.24. The summed E-state index contributed by atoms with van der Waals surface area (Å²) >= 11 is 0. The Hall–Kier alpha value is -1.47. The number of alkyl halides is 3. The molecule has 0 fully saturated rings. The van der Waals surface area contributed by atoms with Crippen molar-refractivity contribution in [2.75, 3.05) is 0 Å². The summed E-state index contributed by atoms with van der Waals surface area (Å²) in [7, 11) is 0. The Balaban J connectivity index is 4.49. The molecule has 6 N–H and O–H groups in total. The smallest absolute Gasteiger partial charge is 0.370 e. The topological polar surface area (TPSA) is 103 Å². The van der Waals surface area contributed by atoms with Gasteiger partial charge in [0, 0.05) is 0 Å². The largest absolute Gasteiger partial charge is 0.410 e. The third-order valence-corrected chi connectivity index (χ3v) is 1.04.